The van der Waals surface area contributed by atoms with Gasteiger partial charge in [-0.05, 0) is 30.3 Å². The summed E-state index contributed by atoms with van der Waals surface area (Å²) in [6, 6.07) is 16.3. The van der Waals surface area contributed by atoms with Crippen LogP contribution >= 0.6 is 11.3 Å². The Balaban J connectivity index is 1.75. The Bertz CT molecular complexity index is 1140. The van der Waals surface area contributed by atoms with Crippen LogP contribution < -0.4 is 15.5 Å². The molecule has 31 heavy (non-hydrogen) atoms. The Morgan fingerprint density at radius 2 is 1.87 bits per heavy atom. The summed E-state index contributed by atoms with van der Waals surface area (Å²) >= 11 is 1.33. The smallest absolute Gasteiger partial charge is 0.418 e. The number of ether oxygens (including phenoxy) is 1. The number of anilines is 2. The molecule has 1 aromatic heterocycles. The minimum absolute atomic E-state index is 0.0135. The molecule has 3 aromatic rings. The third-order valence-electron chi connectivity index (χ3n) is 4.17. The number of nitriles is 1. The van der Waals surface area contributed by atoms with E-state index in [1.807, 2.05) is 24.3 Å². The van der Waals surface area contributed by atoms with Gasteiger partial charge in [0.25, 0.3) is 0 Å². The highest BCUT2D eigenvalue weighted by atomic mass is 32.1. The maximum atomic E-state index is 12.4. The van der Waals surface area contributed by atoms with E-state index in [1.165, 1.54) is 23.3 Å². The number of para-hydroxylation sites is 1. The monoisotopic (exact) mass is 437 g/mol. The molecule has 0 saturated carbocycles. The molecule has 0 fully saturated rings. The first-order valence-electron chi connectivity index (χ1n) is 9.24. The van der Waals surface area contributed by atoms with Crippen LogP contribution in [0.4, 0.5) is 16.2 Å². The number of methoxy groups -OCH3 is 1. The van der Waals surface area contributed by atoms with Gasteiger partial charge in [0.15, 0.2) is 0 Å². The van der Waals surface area contributed by atoms with Gasteiger partial charge in [-0.2, -0.15) is 5.26 Å². The molecule has 3 amide bonds. The largest absolute Gasteiger partial charge is 0.452 e. The van der Waals surface area contributed by atoms with Gasteiger partial charge in [-0.1, -0.05) is 18.2 Å². The lowest BCUT2D eigenvalue weighted by Gasteiger charge is -2.21. The molecule has 0 saturated heterocycles. The van der Waals surface area contributed by atoms with Crippen LogP contribution in [-0.4, -0.2) is 43.1 Å². The maximum absolute atomic E-state index is 12.4. The van der Waals surface area contributed by atoms with Crippen molar-refractivity contribution >= 4 is 50.8 Å². The van der Waals surface area contributed by atoms with E-state index in [1.54, 1.807) is 30.3 Å². The average Bonchev–Trinajstić information content (AvgIpc) is 3.18. The van der Waals surface area contributed by atoms with Gasteiger partial charge < -0.3 is 15.4 Å². The molecule has 10 heteroatoms. The van der Waals surface area contributed by atoms with Crippen LogP contribution in [0.15, 0.2) is 48.5 Å². The van der Waals surface area contributed by atoms with Gasteiger partial charge in [-0.15, -0.1) is 11.3 Å². The molecule has 0 bridgehead atoms. The summed E-state index contributed by atoms with van der Waals surface area (Å²) in [5.74, 6) is -0.792. The Morgan fingerprint density at radius 1 is 1.10 bits per heavy atom. The molecule has 1 heterocycles. The van der Waals surface area contributed by atoms with Gasteiger partial charge in [-0.3, -0.25) is 9.59 Å². The lowest BCUT2D eigenvalue weighted by Crippen LogP contribution is -2.37. The normalized spacial score (nSPS) is 10.2. The van der Waals surface area contributed by atoms with Gasteiger partial charge in [-0.25, -0.2) is 14.7 Å². The van der Waals surface area contributed by atoms with E-state index in [0.29, 0.717) is 21.9 Å². The van der Waals surface area contributed by atoms with Gasteiger partial charge in [0.2, 0.25) is 11.8 Å². The number of carbonyl (C=O) groups excluding carboxylic acids is 3. The topological polar surface area (TPSA) is 124 Å². The standard InChI is InChI=1S/C21H19N5O4S/c1-30-21(29)26(14-5-3-2-4-6-14)15-7-8-16-17(11-15)31-20(25-16)12-18(27)24-13-19(28)23-10-9-22/h2-8,11H,10,12-13H2,1H3,(H,23,28)(H,24,27). The van der Waals surface area contributed by atoms with Crippen LogP contribution in [0.5, 0.6) is 0 Å². The number of fused-ring (bicyclic) bond motifs is 1. The molecule has 0 aliphatic rings. The van der Waals surface area contributed by atoms with Gasteiger partial charge in [0.05, 0.1) is 47.7 Å². The summed E-state index contributed by atoms with van der Waals surface area (Å²) in [5.41, 5.74) is 1.97. The predicted molar refractivity (Wildman–Crippen MR) is 116 cm³/mol. The Kier molecular flexibility index (Phi) is 7.13. The number of amides is 3. The van der Waals surface area contributed by atoms with Gasteiger partial charge >= 0.3 is 6.09 Å². The third-order valence-corrected chi connectivity index (χ3v) is 5.19. The first kappa shape index (κ1) is 21.7. The highest BCUT2D eigenvalue weighted by Gasteiger charge is 2.19. The number of nitrogens with one attached hydrogen (secondary N) is 2. The van der Waals surface area contributed by atoms with Crippen molar-refractivity contribution in [2.45, 2.75) is 6.42 Å². The number of hydrogen-bond donors (Lipinski definition) is 2. The lowest BCUT2D eigenvalue weighted by atomic mass is 10.2. The van der Waals surface area contributed by atoms with Crippen molar-refractivity contribution in [2.24, 2.45) is 0 Å². The first-order chi connectivity index (χ1) is 15.0. The van der Waals surface area contributed by atoms with Crippen LogP contribution in [-0.2, 0) is 20.7 Å². The Morgan fingerprint density at radius 3 is 2.58 bits per heavy atom. The van der Waals surface area contributed by atoms with Crippen molar-refractivity contribution in [3.05, 3.63) is 53.5 Å². The molecular formula is C21H19N5O4S. The molecule has 0 aliphatic carbocycles. The fourth-order valence-electron chi connectivity index (χ4n) is 2.78. The van der Waals surface area contributed by atoms with Crippen LogP contribution in [0.3, 0.4) is 0 Å². The van der Waals surface area contributed by atoms with Crippen molar-refractivity contribution in [3.63, 3.8) is 0 Å². The van der Waals surface area contributed by atoms with E-state index in [0.717, 1.165) is 4.70 Å². The summed E-state index contributed by atoms with van der Waals surface area (Å²) in [4.78, 5) is 41.8. The highest BCUT2D eigenvalue weighted by molar-refractivity contribution is 7.18. The fourth-order valence-corrected chi connectivity index (χ4v) is 3.78. The Labute approximate surface area is 182 Å². The van der Waals surface area contributed by atoms with Crippen molar-refractivity contribution < 1.29 is 19.1 Å². The van der Waals surface area contributed by atoms with Crippen molar-refractivity contribution in [3.8, 4) is 6.07 Å². The summed E-state index contributed by atoms with van der Waals surface area (Å²) in [7, 11) is 1.32. The molecule has 3 rings (SSSR count). The number of carbonyl (C=O) groups is 3. The van der Waals surface area contributed by atoms with E-state index in [9.17, 15) is 14.4 Å². The maximum Gasteiger partial charge on any atom is 0.418 e. The minimum atomic E-state index is -0.524. The third kappa shape index (κ3) is 5.55. The number of aromatic nitrogens is 1. The summed E-state index contributed by atoms with van der Waals surface area (Å²) in [5, 5.41) is 13.8. The molecule has 0 spiro atoms. The SMILES string of the molecule is COC(=O)N(c1ccccc1)c1ccc2nc(CC(=O)NCC(=O)NCC#N)sc2c1. The van der Waals surface area contributed by atoms with E-state index in [4.69, 9.17) is 10.00 Å². The number of hydrogen-bond acceptors (Lipinski definition) is 7. The highest BCUT2D eigenvalue weighted by Crippen LogP contribution is 2.31. The van der Waals surface area contributed by atoms with Crippen LogP contribution in [0, 0.1) is 11.3 Å². The fraction of sp³-hybridized carbons (Fsp3) is 0.190. The molecule has 0 unspecified atom stereocenters. The van der Waals surface area contributed by atoms with E-state index in [2.05, 4.69) is 15.6 Å². The molecule has 0 aliphatic heterocycles. The average molecular weight is 437 g/mol. The molecule has 0 atom stereocenters. The molecule has 9 nitrogen and oxygen atoms in total. The van der Waals surface area contributed by atoms with Crippen molar-refractivity contribution in [1.29, 1.82) is 5.26 Å². The second kappa shape index (κ2) is 10.2. The second-order valence-electron chi connectivity index (χ2n) is 6.29. The van der Waals surface area contributed by atoms with Crippen molar-refractivity contribution in [1.82, 2.24) is 15.6 Å². The summed E-state index contributed by atoms with van der Waals surface area (Å²) in [6.45, 7) is -0.318. The summed E-state index contributed by atoms with van der Waals surface area (Å²) in [6.07, 6.45) is -0.510. The molecular weight excluding hydrogens is 418 g/mol. The van der Waals surface area contributed by atoms with Crippen LogP contribution in [0.1, 0.15) is 5.01 Å². The molecule has 158 valence electrons. The first-order valence-corrected chi connectivity index (χ1v) is 10.1. The molecule has 2 aromatic carbocycles. The zero-order chi connectivity index (χ0) is 22.2. The lowest BCUT2D eigenvalue weighted by molar-refractivity contribution is -0.125. The van der Waals surface area contributed by atoms with Crippen molar-refractivity contribution in [2.75, 3.05) is 25.1 Å². The predicted octanol–water partition coefficient (Wildman–Crippen LogP) is 2.50. The van der Waals surface area contributed by atoms with E-state index < -0.39 is 12.0 Å². The zero-order valence-electron chi connectivity index (χ0n) is 16.6. The number of rotatable bonds is 7. The van der Waals surface area contributed by atoms with Gasteiger partial charge in [0.1, 0.15) is 11.6 Å². The summed E-state index contributed by atoms with van der Waals surface area (Å²) < 4.78 is 5.74. The quantitative estimate of drug-likeness (QED) is 0.547. The van der Waals surface area contributed by atoms with E-state index in [-0.39, 0.29) is 25.4 Å². The minimum Gasteiger partial charge on any atom is -0.452 e. The second-order valence-corrected chi connectivity index (χ2v) is 7.40. The van der Waals surface area contributed by atoms with Crippen LogP contribution in [0.25, 0.3) is 10.2 Å². The van der Waals surface area contributed by atoms with E-state index >= 15 is 0 Å². The molecule has 0 radical (unpaired) electrons. The van der Waals surface area contributed by atoms with Crippen LogP contribution in [0.2, 0.25) is 0 Å². The number of thiazole rings is 1. The van der Waals surface area contributed by atoms with Gasteiger partial charge in [0, 0.05) is 0 Å². The number of nitrogens with zero attached hydrogens (tertiary/aromatic N) is 3. The Hall–Kier alpha value is -3.97. The zero-order valence-corrected chi connectivity index (χ0v) is 17.4. The number of benzene rings is 2. The molecule has 2 N–H and O–H groups in total.